The third-order valence-electron chi connectivity index (χ3n) is 4.21. The first-order valence-corrected chi connectivity index (χ1v) is 7.98. The van der Waals surface area contributed by atoms with Crippen molar-refractivity contribution >= 4 is 17.7 Å². The second-order valence-corrected chi connectivity index (χ2v) is 5.52. The minimum absolute atomic E-state index is 0.313. The van der Waals surface area contributed by atoms with E-state index in [1.165, 1.54) is 0 Å². The van der Waals surface area contributed by atoms with Crippen LogP contribution in [0.3, 0.4) is 0 Å². The zero-order chi connectivity index (χ0) is 17.0. The van der Waals surface area contributed by atoms with Gasteiger partial charge in [0.15, 0.2) is 0 Å². The number of amides is 3. The summed E-state index contributed by atoms with van der Waals surface area (Å²) >= 11 is 0. The maximum Gasteiger partial charge on any atom is 0.262 e. The van der Waals surface area contributed by atoms with Gasteiger partial charge >= 0.3 is 0 Å². The van der Waals surface area contributed by atoms with E-state index in [1.807, 2.05) is 0 Å². The van der Waals surface area contributed by atoms with Gasteiger partial charge in [-0.05, 0) is 32.1 Å². The number of nitrogens with zero attached hydrogens (tertiary/aromatic N) is 2. The SMILES string of the molecule is CCN(CC)CCNC(=O)C(C)N1C(=O)c2ccccc2C1=O. The van der Waals surface area contributed by atoms with Crippen LogP contribution in [0.25, 0.3) is 0 Å². The van der Waals surface area contributed by atoms with Gasteiger partial charge in [-0.3, -0.25) is 19.3 Å². The highest BCUT2D eigenvalue weighted by Crippen LogP contribution is 2.24. The number of hydrogen-bond acceptors (Lipinski definition) is 4. The van der Waals surface area contributed by atoms with Crippen molar-refractivity contribution in [2.75, 3.05) is 26.2 Å². The van der Waals surface area contributed by atoms with Crippen molar-refractivity contribution in [3.8, 4) is 0 Å². The van der Waals surface area contributed by atoms with Crippen molar-refractivity contribution in [1.29, 1.82) is 0 Å². The van der Waals surface area contributed by atoms with E-state index in [0.717, 1.165) is 24.5 Å². The Balaban J connectivity index is 1.98. The van der Waals surface area contributed by atoms with Crippen LogP contribution in [0.4, 0.5) is 0 Å². The Bertz CT molecular complexity index is 576. The fourth-order valence-corrected chi connectivity index (χ4v) is 2.70. The zero-order valence-corrected chi connectivity index (χ0v) is 13.8. The molecule has 1 unspecified atom stereocenters. The summed E-state index contributed by atoms with van der Waals surface area (Å²) in [5.74, 6) is -1.12. The van der Waals surface area contributed by atoms with Gasteiger partial charge in [0, 0.05) is 13.1 Å². The molecule has 0 saturated heterocycles. The molecule has 1 atom stereocenters. The summed E-state index contributed by atoms with van der Waals surface area (Å²) in [6.07, 6.45) is 0. The van der Waals surface area contributed by atoms with E-state index in [4.69, 9.17) is 0 Å². The highest BCUT2D eigenvalue weighted by atomic mass is 16.2. The highest BCUT2D eigenvalue weighted by molar-refractivity contribution is 6.22. The number of fused-ring (bicyclic) bond motifs is 1. The first-order chi connectivity index (χ1) is 11.0. The van der Waals surface area contributed by atoms with Crippen molar-refractivity contribution in [1.82, 2.24) is 15.1 Å². The molecule has 1 aliphatic heterocycles. The second-order valence-electron chi connectivity index (χ2n) is 5.52. The van der Waals surface area contributed by atoms with E-state index in [9.17, 15) is 14.4 Å². The first-order valence-electron chi connectivity index (χ1n) is 7.98. The lowest BCUT2D eigenvalue weighted by molar-refractivity contribution is -0.124. The summed E-state index contributed by atoms with van der Waals surface area (Å²) in [6, 6.07) is 5.82. The Morgan fingerprint density at radius 2 is 1.65 bits per heavy atom. The molecule has 0 fully saturated rings. The Hall–Kier alpha value is -2.21. The lowest BCUT2D eigenvalue weighted by Gasteiger charge is -2.23. The van der Waals surface area contributed by atoms with E-state index in [-0.39, 0.29) is 5.91 Å². The summed E-state index contributed by atoms with van der Waals surface area (Å²) in [5, 5.41) is 2.80. The molecule has 0 bridgehead atoms. The molecule has 6 nitrogen and oxygen atoms in total. The molecular weight excluding hydrogens is 294 g/mol. The van der Waals surface area contributed by atoms with Crippen molar-refractivity contribution < 1.29 is 14.4 Å². The number of likely N-dealkylation sites (N-methyl/N-ethyl adjacent to an activating group) is 1. The summed E-state index contributed by atoms with van der Waals surface area (Å²) in [4.78, 5) is 40.2. The molecule has 23 heavy (non-hydrogen) atoms. The highest BCUT2D eigenvalue weighted by Gasteiger charge is 2.40. The van der Waals surface area contributed by atoms with E-state index in [0.29, 0.717) is 17.7 Å². The quantitative estimate of drug-likeness (QED) is 0.765. The van der Waals surface area contributed by atoms with Crippen LogP contribution in [0, 0.1) is 0 Å². The average Bonchev–Trinajstić information content (AvgIpc) is 2.82. The summed E-state index contributed by atoms with van der Waals surface area (Å²) in [5.41, 5.74) is 0.723. The van der Waals surface area contributed by atoms with Gasteiger partial charge in [0.05, 0.1) is 11.1 Å². The number of carbonyl (C=O) groups excluding carboxylic acids is 3. The number of benzene rings is 1. The van der Waals surface area contributed by atoms with Gasteiger partial charge in [0.25, 0.3) is 11.8 Å². The Morgan fingerprint density at radius 1 is 1.13 bits per heavy atom. The molecule has 1 heterocycles. The monoisotopic (exact) mass is 317 g/mol. The smallest absolute Gasteiger partial charge is 0.262 e. The lowest BCUT2D eigenvalue weighted by Crippen LogP contribution is -2.49. The van der Waals surface area contributed by atoms with Gasteiger partial charge in [0.1, 0.15) is 6.04 Å². The molecule has 0 spiro atoms. The Labute approximate surface area is 136 Å². The molecule has 1 aromatic carbocycles. The molecule has 3 amide bonds. The predicted octanol–water partition coefficient (Wildman–Crippen LogP) is 1.13. The molecule has 1 aliphatic rings. The largest absolute Gasteiger partial charge is 0.353 e. The van der Waals surface area contributed by atoms with Crippen LogP contribution in [-0.2, 0) is 4.79 Å². The second kappa shape index (κ2) is 7.37. The number of nitrogens with one attached hydrogen (secondary N) is 1. The summed E-state index contributed by atoms with van der Waals surface area (Å²) < 4.78 is 0. The topological polar surface area (TPSA) is 69.7 Å². The number of carbonyl (C=O) groups is 3. The Morgan fingerprint density at radius 3 is 2.13 bits per heavy atom. The summed E-state index contributed by atoms with van der Waals surface area (Å²) in [7, 11) is 0. The number of imide groups is 1. The van der Waals surface area contributed by atoms with Crippen LogP contribution in [0.1, 0.15) is 41.5 Å². The molecule has 6 heteroatoms. The normalized spacial score (nSPS) is 15.0. The molecule has 124 valence electrons. The lowest BCUT2D eigenvalue weighted by atomic mass is 10.1. The van der Waals surface area contributed by atoms with Crippen molar-refractivity contribution in [2.24, 2.45) is 0 Å². The van der Waals surface area contributed by atoms with Crippen molar-refractivity contribution in [3.63, 3.8) is 0 Å². The first kappa shape index (κ1) is 17.1. The molecular formula is C17H23N3O3. The third kappa shape index (κ3) is 3.42. The van der Waals surface area contributed by atoms with E-state index in [2.05, 4.69) is 24.1 Å². The fourth-order valence-electron chi connectivity index (χ4n) is 2.70. The Kier molecular flexibility index (Phi) is 5.50. The standard InChI is InChI=1S/C17H23N3O3/c1-4-19(5-2)11-10-18-15(21)12(3)20-16(22)13-8-6-7-9-14(13)17(20)23/h6-9,12H,4-5,10-11H2,1-3H3,(H,18,21). The van der Waals surface area contributed by atoms with Crippen LogP contribution >= 0.6 is 0 Å². The maximum absolute atomic E-state index is 12.3. The maximum atomic E-state index is 12.3. The van der Waals surface area contributed by atoms with Crippen molar-refractivity contribution in [2.45, 2.75) is 26.8 Å². The van der Waals surface area contributed by atoms with Crippen LogP contribution < -0.4 is 5.32 Å². The molecule has 1 N–H and O–H groups in total. The van der Waals surface area contributed by atoms with Gasteiger partial charge in [-0.2, -0.15) is 0 Å². The van der Waals surface area contributed by atoms with Crippen molar-refractivity contribution in [3.05, 3.63) is 35.4 Å². The van der Waals surface area contributed by atoms with Gasteiger partial charge in [-0.25, -0.2) is 0 Å². The number of rotatable bonds is 7. The summed E-state index contributed by atoms with van der Waals surface area (Å²) in [6.45, 7) is 8.77. The van der Waals surface area contributed by atoms with Crippen LogP contribution in [0.5, 0.6) is 0 Å². The molecule has 0 aliphatic carbocycles. The number of hydrogen-bond donors (Lipinski definition) is 1. The predicted molar refractivity (Wildman–Crippen MR) is 87.2 cm³/mol. The van der Waals surface area contributed by atoms with E-state index >= 15 is 0 Å². The molecule has 0 radical (unpaired) electrons. The van der Waals surface area contributed by atoms with Crippen LogP contribution in [0.15, 0.2) is 24.3 Å². The third-order valence-corrected chi connectivity index (χ3v) is 4.21. The van der Waals surface area contributed by atoms with Gasteiger partial charge in [-0.15, -0.1) is 0 Å². The average molecular weight is 317 g/mol. The molecule has 0 aromatic heterocycles. The van der Waals surface area contributed by atoms with E-state index < -0.39 is 17.9 Å². The minimum Gasteiger partial charge on any atom is -0.353 e. The van der Waals surface area contributed by atoms with Crippen LogP contribution in [0.2, 0.25) is 0 Å². The minimum atomic E-state index is -0.820. The van der Waals surface area contributed by atoms with E-state index in [1.54, 1.807) is 31.2 Å². The van der Waals surface area contributed by atoms with Gasteiger partial charge in [0.2, 0.25) is 5.91 Å². The zero-order valence-electron chi connectivity index (χ0n) is 13.8. The fraction of sp³-hybridized carbons (Fsp3) is 0.471. The van der Waals surface area contributed by atoms with Gasteiger partial charge < -0.3 is 10.2 Å². The van der Waals surface area contributed by atoms with Crippen LogP contribution in [-0.4, -0.2) is 59.7 Å². The van der Waals surface area contributed by atoms with Gasteiger partial charge in [-0.1, -0.05) is 26.0 Å². The molecule has 0 saturated carbocycles. The molecule has 2 rings (SSSR count). The molecule has 1 aromatic rings.